The summed E-state index contributed by atoms with van der Waals surface area (Å²) in [5.41, 5.74) is 1.06. The summed E-state index contributed by atoms with van der Waals surface area (Å²) in [4.78, 5) is 29.6. The summed E-state index contributed by atoms with van der Waals surface area (Å²) in [6, 6.07) is 9.74. The molecule has 1 aromatic heterocycles. The third-order valence-corrected chi connectivity index (χ3v) is 3.46. The van der Waals surface area contributed by atoms with E-state index in [9.17, 15) is 9.59 Å². The van der Waals surface area contributed by atoms with Crippen LogP contribution in [0.25, 0.3) is 0 Å². The number of hydrogen-bond acceptors (Lipinski definition) is 4. The first-order valence-corrected chi connectivity index (χ1v) is 6.70. The average molecular weight is 285 g/mol. The number of likely N-dealkylation sites (tertiary alicyclic amines) is 1. The maximum Gasteiger partial charge on any atom is 0.232 e. The zero-order valence-electron chi connectivity index (χ0n) is 11.3. The number of H-pyrrole nitrogens is 1. The first-order chi connectivity index (χ1) is 10.2. The Kier molecular flexibility index (Phi) is 3.63. The van der Waals surface area contributed by atoms with E-state index >= 15 is 0 Å². The van der Waals surface area contributed by atoms with Gasteiger partial charge in [0, 0.05) is 19.5 Å². The molecule has 1 saturated heterocycles. The lowest BCUT2D eigenvalue weighted by atomic mass is 10.1. The molecule has 2 aromatic rings. The molecule has 0 bridgehead atoms. The first kappa shape index (κ1) is 13.3. The molecule has 1 aliphatic heterocycles. The normalized spacial score (nSPS) is 18.0. The number of carbonyl (C=O) groups excluding carboxylic acids is 2. The van der Waals surface area contributed by atoms with Gasteiger partial charge in [0.25, 0.3) is 0 Å². The van der Waals surface area contributed by atoms with Crippen molar-refractivity contribution in [3.05, 3.63) is 42.2 Å². The fourth-order valence-corrected chi connectivity index (χ4v) is 2.39. The minimum Gasteiger partial charge on any atom is -0.338 e. The van der Waals surface area contributed by atoms with Crippen molar-refractivity contribution < 1.29 is 9.59 Å². The lowest BCUT2D eigenvalue weighted by molar-refractivity contribution is -0.128. The highest BCUT2D eigenvalue weighted by Crippen LogP contribution is 2.21. The molecular weight excluding hydrogens is 270 g/mol. The van der Waals surface area contributed by atoms with Crippen molar-refractivity contribution in [2.24, 2.45) is 5.92 Å². The predicted molar refractivity (Wildman–Crippen MR) is 75.0 cm³/mol. The highest BCUT2D eigenvalue weighted by atomic mass is 16.2. The van der Waals surface area contributed by atoms with Crippen LogP contribution in [0, 0.1) is 5.92 Å². The van der Waals surface area contributed by atoms with Crippen LogP contribution >= 0.6 is 0 Å². The maximum absolute atomic E-state index is 12.1. The van der Waals surface area contributed by atoms with E-state index in [2.05, 4.69) is 20.5 Å². The number of aromatic amines is 1. The highest BCUT2D eigenvalue weighted by Gasteiger charge is 2.34. The number of rotatable bonds is 4. The zero-order chi connectivity index (χ0) is 14.7. The second-order valence-corrected chi connectivity index (χ2v) is 4.98. The molecule has 1 fully saturated rings. The molecule has 2 amide bonds. The molecule has 21 heavy (non-hydrogen) atoms. The second kappa shape index (κ2) is 5.74. The van der Waals surface area contributed by atoms with E-state index in [4.69, 9.17) is 0 Å². The van der Waals surface area contributed by atoms with Crippen LogP contribution in [-0.4, -0.2) is 38.4 Å². The van der Waals surface area contributed by atoms with Gasteiger partial charge in [0.05, 0.1) is 5.92 Å². The average Bonchev–Trinajstić information content (AvgIpc) is 3.11. The van der Waals surface area contributed by atoms with Crippen molar-refractivity contribution in [1.82, 2.24) is 20.1 Å². The zero-order valence-corrected chi connectivity index (χ0v) is 11.3. The van der Waals surface area contributed by atoms with Gasteiger partial charge in [-0.1, -0.05) is 30.3 Å². The Morgan fingerprint density at radius 2 is 2.19 bits per heavy atom. The third kappa shape index (κ3) is 3.07. The van der Waals surface area contributed by atoms with E-state index in [1.165, 1.54) is 6.33 Å². The van der Waals surface area contributed by atoms with Crippen molar-refractivity contribution in [2.75, 3.05) is 11.9 Å². The van der Waals surface area contributed by atoms with Crippen LogP contribution < -0.4 is 5.32 Å². The molecule has 0 aliphatic carbocycles. The van der Waals surface area contributed by atoms with Gasteiger partial charge in [-0.25, -0.2) is 5.10 Å². The van der Waals surface area contributed by atoms with Gasteiger partial charge in [-0.3, -0.25) is 14.9 Å². The molecule has 2 heterocycles. The molecule has 108 valence electrons. The fourth-order valence-electron chi connectivity index (χ4n) is 2.39. The Balaban J connectivity index is 1.60. The number of carbonyl (C=O) groups is 2. The fraction of sp³-hybridized carbons (Fsp3) is 0.286. The van der Waals surface area contributed by atoms with Crippen LogP contribution in [0.15, 0.2) is 36.7 Å². The Labute approximate surface area is 121 Å². The lowest BCUT2D eigenvalue weighted by Crippen LogP contribution is -2.28. The Hall–Kier alpha value is -2.70. The first-order valence-electron chi connectivity index (χ1n) is 6.70. The summed E-state index contributed by atoms with van der Waals surface area (Å²) in [7, 11) is 0. The monoisotopic (exact) mass is 285 g/mol. The summed E-state index contributed by atoms with van der Waals surface area (Å²) >= 11 is 0. The molecule has 1 aromatic carbocycles. The van der Waals surface area contributed by atoms with Crippen LogP contribution in [0.2, 0.25) is 0 Å². The summed E-state index contributed by atoms with van der Waals surface area (Å²) in [6.45, 7) is 0.958. The molecule has 1 aliphatic rings. The largest absolute Gasteiger partial charge is 0.338 e. The van der Waals surface area contributed by atoms with Gasteiger partial charge in [0.2, 0.25) is 17.8 Å². The van der Waals surface area contributed by atoms with Crippen LogP contribution in [-0.2, 0) is 16.1 Å². The Morgan fingerprint density at radius 1 is 1.38 bits per heavy atom. The van der Waals surface area contributed by atoms with Crippen LogP contribution in [0.1, 0.15) is 12.0 Å². The molecule has 7 nitrogen and oxygen atoms in total. The maximum atomic E-state index is 12.1. The molecule has 1 atom stereocenters. The van der Waals surface area contributed by atoms with Crippen LogP contribution in [0.5, 0.6) is 0 Å². The van der Waals surface area contributed by atoms with Gasteiger partial charge in [0.15, 0.2) is 0 Å². The molecule has 0 radical (unpaired) electrons. The van der Waals surface area contributed by atoms with Gasteiger partial charge in [-0.05, 0) is 5.56 Å². The molecule has 2 N–H and O–H groups in total. The van der Waals surface area contributed by atoms with E-state index < -0.39 is 0 Å². The van der Waals surface area contributed by atoms with Crippen molar-refractivity contribution in [1.29, 1.82) is 0 Å². The van der Waals surface area contributed by atoms with Gasteiger partial charge in [0.1, 0.15) is 6.33 Å². The van der Waals surface area contributed by atoms with E-state index in [0.29, 0.717) is 19.0 Å². The molecule has 7 heteroatoms. The van der Waals surface area contributed by atoms with Gasteiger partial charge >= 0.3 is 0 Å². The number of benzene rings is 1. The Bertz CT molecular complexity index is 626. The van der Waals surface area contributed by atoms with Crippen molar-refractivity contribution in [2.45, 2.75) is 13.0 Å². The molecule has 1 unspecified atom stereocenters. The number of aromatic nitrogens is 3. The van der Waals surface area contributed by atoms with E-state index in [0.717, 1.165) is 5.56 Å². The lowest BCUT2D eigenvalue weighted by Gasteiger charge is -2.16. The van der Waals surface area contributed by atoms with E-state index in [1.54, 1.807) is 4.90 Å². The minimum atomic E-state index is -0.355. The summed E-state index contributed by atoms with van der Waals surface area (Å²) in [6.07, 6.45) is 1.55. The molecule has 0 spiro atoms. The van der Waals surface area contributed by atoms with E-state index in [-0.39, 0.29) is 24.2 Å². The number of nitrogens with zero attached hydrogens (tertiary/aromatic N) is 3. The summed E-state index contributed by atoms with van der Waals surface area (Å²) < 4.78 is 0. The van der Waals surface area contributed by atoms with Gasteiger partial charge < -0.3 is 4.90 Å². The highest BCUT2D eigenvalue weighted by molar-refractivity contribution is 5.96. The smallest absolute Gasteiger partial charge is 0.232 e. The SMILES string of the molecule is O=C(Nc1ncn[nH]1)C1CC(=O)N(Cc2ccccc2)C1. The quantitative estimate of drug-likeness (QED) is 0.869. The third-order valence-electron chi connectivity index (χ3n) is 3.46. The molecular formula is C14H15N5O2. The molecule has 0 saturated carbocycles. The van der Waals surface area contributed by atoms with Crippen LogP contribution in [0.3, 0.4) is 0 Å². The predicted octanol–water partition coefficient (Wildman–Crippen LogP) is 0.792. The van der Waals surface area contributed by atoms with Crippen LogP contribution in [0.4, 0.5) is 5.95 Å². The van der Waals surface area contributed by atoms with Gasteiger partial charge in [-0.15, -0.1) is 0 Å². The Morgan fingerprint density at radius 3 is 2.90 bits per heavy atom. The number of nitrogens with one attached hydrogen (secondary N) is 2. The van der Waals surface area contributed by atoms with Crippen molar-refractivity contribution >= 4 is 17.8 Å². The van der Waals surface area contributed by atoms with Gasteiger partial charge in [-0.2, -0.15) is 10.1 Å². The van der Waals surface area contributed by atoms with E-state index in [1.807, 2.05) is 30.3 Å². The van der Waals surface area contributed by atoms with Crippen molar-refractivity contribution in [3.8, 4) is 0 Å². The summed E-state index contributed by atoms with van der Waals surface area (Å²) in [5, 5.41) is 8.84. The second-order valence-electron chi connectivity index (χ2n) is 4.98. The van der Waals surface area contributed by atoms with Crippen molar-refractivity contribution in [3.63, 3.8) is 0 Å². The summed E-state index contributed by atoms with van der Waals surface area (Å²) in [5.74, 6) is -0.271. The number of hydrogen-bond donors (Lipinski definition) is 2. The standard InChI is InChI=1S/C14H15N5O2/c20-12-6-11(13(21)17-14-15-9-16-18-14)8-19(12)7-10-4-2-1-3-5-10/h1-5,9,11H,6-8H2,(H2,15,16,17,18,21). The number of amides is 2. The molecule has 3 rings (SSSR count). The topological polar surface area (TPSA) is 91.0 Å². The minimum absolute atomic E-state index is 0.00317. The number of anilines is 1.